The summed E-state index contributed by atoms with van der Waals surface area (Å²) in [7, 11) is 7.27. The highest BCUT2D eigenvalue weighted by Crippen LogP contribution is 2.41. The maximum atomic E-state index is 15.4. The summed E-state index contributed by atoms with van der Waals surface area (Å²) in [5, 5.41) is 1.10. The second-order valence-corrected chi connectivity index (χ2v) is 29.5. The van der Waals surface area contributed by atoms with Gasteiger partial charge in [-0.1, -0.05) is 107 Å². The molecular formula is C71H84B3BrCl4FN22O6+. The Balaban J connectivity index is 0.000000157. The number of amides is 2. The van der Waals surface area contributed by atoms with Crippen LogP contribution >= 0.6 is 62.3 Å². The van der Waals surface area contributed by atoms with E-state index in [1.807, 2.05) is 110 Å². The number of fused-ring (bicyclic) bond motifs is 6. The molecule has 0 spiro atoms. The number of primary amides is 1. The molecule has 1 aromatic carbocycles. The molecule has 0 aliphatic carbocycles. The molecule has 11 aromatic heterocycles. The molecule has 3 aliphatic rings. The minimum absolute atomic E-state index is 0.0445. The van der Waals surface area contributed by atoms with Crippen molar-refractivity contribution in [1.82, 2.24) is 77.6 Å². The lowest BCUT2D eigenvalue weighted by Gasteiger charge is -2.40. The summed E-state index contributed by atoms with van der Waals surface area (Å²) in [6.45, 7) is 30.9. The van der Waals surface area contributed by atoms with Gasteiger partial charge in [-0.3, -0.25) is 9.59 Å². The van der Waals surface area contributed by atoms with Crippen LogP contribution in [0.5, 0.6) is 0 Å². The number of nitrogens with two attached hydrogens (primary N) is 4. The molecule has 2 atom stereocenters. The number of carbonyl (C=O) groups is 2. The number of imidazole rings is 4. The van der Waals surface area contributed by atoms with Crippen molar-refractivity contribution in [3.05, 3.63) is 161 Å². The van der Waals surface area contributed by atoms with Gasteiger partial charge in [-0.25, -0.2) is 58.6 Å². The van der Waals surface area contributed by atoms with Gasteiger partial charge in [0.05, 0.1) is 85.1 Å². The van der Waals surface area contributed by atoms with Gasteiger partial charge in [0.15, 0.2) is 39.8 Å². The highest BCUT2D eigenvalue weighted by molar-refractivity contribution is 9.10. The molecule has 28 nitrogen and oxygen atoms in total. The molecule has 0 radical (unpaired) electrons. The first-order valence-electron chi connectivity index (χ1n) is 34.6. The van der Waals surface area contributed by atoms with Crippen LogP contribution in [0.3, 0.4) is 0 Å². The summed E-state index contributed by atoms with van der Waals surface area (Å²) in [4.78, 5) is 85.1. The molecule has 3 aliphatic heterocycles. The van der Waals surface area contributed by atoms with Crippen molar-refractivity contribution in [3.63, 3.8) is 0 Å². The maximum Gasteiger partial charge on any atom is 0.442 e. The first kappa shape index (κ1) is 81.2. The lowest BCUT2D eigenvalue weighted by atomic mass is 9.74. The number of carbonyl (C=O) groups excluding carboxylic acids is 2. The summed E-state index contributed by atoms with van der Waals surface area (Å²) in [5.74, 6) is 0.185. The Morgan fingerprint density at radius 1 is 0.676 bits per heavy atom. The number of pyridine rings is 6. The van der Waals surface area contributed by atoms with E-state index in [1.54, 1.807) is 59.0 Å². The van der Waals surface area contributed by atoms with Gasteiger partial charge in [0.2, 0.25) is 5.91 Å². The average molecular weight is 1610 g/mol. The van der Waals surface area contributed by atoms with Crippen molar-refractivity contribution in [2.45, 2.75) is 120 Å². The van der Waals surface area contributed by atoms with E-state index in [9.17, 15) is 14.4 Å². The van der Waals surface area contributed by atoms with Crippen molar-refractivity contribution in [2.24, 2.45) is 33.9 Å². The average Bonchev–Trinajstić information content (AvgIpc) is 0.833. The first-order chi connectivity index (χ1) is 50.9. The van der Waals surface area contributed by atoms with Gasteiger partial charge in [-0.15, -0.1) is 4.57 Å². The number of hydrogen-bond acceptors (Lipinski definition) is 20. The van der Waals surface area contributed by atoms with Crippen molar-refractivity contribution in [3.8, 4) is 16.9 Å². The van der Waals surface area contributed by atoms with Crippen LogP contribution in [-0.4, -0.2) is 136 Å². The molecule has 0 bridgehead atoms. The van der Waals surface area contributed by atoms with Crippen LogP contribution in [0, 0.1) is 19.7 Å². The van der Waals surface area contributed by atoms with Crippen LogP contribution in [0.1, 0.15) is 123 Å². The number of aromatic nitrogens is 16. The number of hydrogen-bond donors (Lipinski definition) is 4. The van der Waals surface area contributed by atoms with Crippen LogP contribution in [0.25, 0.3) is 72.6 Å². The van der Waals surface area contributed by atoms with E-state index in [1.165, 1.54) is 18.2 Å². The fourth-order valence-electron chi connectivity index (χ4n) is 13.0. The van der Waals surface area contributed by atoms with Crippen LogP contribution in [0.4, 0.5) is 27.3 Å². The zero-order chi connectivity index (χ0) is 79.1. The number of piperazine rings is 1. The summed E-state index contributed by atoms with van der Waals surface area (Å²) in [6, 6.07) is 10.8. The lowest BCUT2D eigenvalue weighted by Crippen LogP contribution is -2.55. The Morgan fingerprint density at radius 2 is 1.19 bits per heavy atom. The molecule has 37 heteroatoms. The largest absolute Gasteiger partial charge is 0.453 e. The molecule has 0 saturated carbocycles. The predicted octanol–water partition coefficient (Wildman–Crippen LogP) is 12.5. The number of nitrogens with zero attached hydrogens (tertiary/aromatic N) is 18. The van der Waals surface area contributed by atoms with E-state index in [2.05, 4.69) is 109 Å². The number of nitrogen functional groups attached to an aromatic ring is 3. The monoisotopic (exact) mass is 1610 g/mol. The van der Waals surface area contributed by atoms with Gasteiger partial charge in [-0.2, -0.15) is 4.98 Å². The molecule has 108 heavy (non-hydrogen) atoms. The van der Waals surface area contributed by atoms with Gasteiger partial charge >= 0.3 is 32.7 Å². The Bertz CT molecular complexity index is 5420. The van der Waals surface area contributed by atoms with E-state index in [-0.39, 0.29) is 54.2 Å². The Hall–Kier alpha value is -9.34. The summed E-state index contributed by atoms with van der Waals surface area (Å²) < 4.78 is 42.6. The van der Waals surface area contributed by atoms with Gasteiger partial charge < -0.3 is 64.7 Å². The summed E-state index contributed by atoms with van der Waals surface area (Å²) in [6.07, 6.45) is 8.27. The van der Waals surface area contributed by atoms with Crippen LogP contribution in [-0.2, 0) is 46.7 Å². The predicted molar refractivity (Wildman–Crippen MR) is 432 cm³/mol. The van der Waals surface area contributed by atoms with Crippen molar-refractivity contribution in [2.75, 3.05) is 41.7 Å². The third kappa shape index (κ3) is 16.3. The fraction of sp³-hybridized carbons (Fsp3) is 0.352. The number of rotatable bonds is 7. The molecule has 1 unspecified atom stereocenters. The smallest absolute Gasteiger partial charge is 0.442 e. The SMILES string of the molecule is C=CC(=O)N1CCN(c2nc(=O)n3c4c2cc(Cl)c(-c2ccccc2F)[n+]4C(C)c2nc4c(ncn4C)c(C)c2-3)[C@@H](C)C1.CB1OB(C)OB(C)O1.CC(C)c1nc2c(cc1N)ncn2C.CC(C)c1nc2c(ncn2C)c(Br)c1N.Cc1c(N)c(C(C)C)nc2c1ncn2C.NC(=O)c1cc(Cl)c(Cl)nc1Cl. The topological polar surface area (TPSA) is 347 Å². The second-order valence-electron chi connectivity index (χ2n) is 27.2. The third-order valence-corrected chi connectivity index (χ3v) is 20.4. The zero-order valence-electron chi connectivity index (χ0n) is 63.0. The molecule has 8 N–H and O–H groups in total. The van der Waals surface area contributed by atoms with Gasteiger partial charge in [0, 0.05) is 65.0 Å². The van der Waals surface area contributed by atoms with Crippen molar-refractivity contribution < 1.29 is 32.3 Å². The van der Waals surface area contributed by atoms with Crippen LogP contribution in [0.15, 0.2) is 89.7 Å². The Labute approximate surface area is 652 Å². The summed E-state index contributed by atoms with van der Waals surface area (Å²) in [5.41, 5.74) is 38.4. The minimum Gasteiger partial charge on any atom is -0.453 e. The van der Waals surface area contributed by atoms with Crippen LogP contribution < -0.4 is 38.1 Å². The lowest BCUT2D eigenvalue weighted by molar-refractivity contribution is -0.679. The van der Waals surface area contributed by atoms with E-state index in [0.717, 1.165) is 77.5 Å². The van der Waals surface area contributed by atoms with Gasteiger partial charge in [0.1, 0.15) is 55.3 Å². The Kier molecular flexibility index (Phi) is 25.0. The number of aryl methyl sites for hydroxylation is 6. The second kappa shape index (κ2) is 33.3. The highest BCUT2D eigenvalue weighted by atomic mass is 79.9. The molecule has 2 amide bonds. The summed E-state index contributed by atoms with van der Waals surface area (Å²) >= 11 is 27.1. The van der Waals surface area contributed by atoms with E-state index in [4.69, 9.17) is 88.0 Å². The van der Waals surface area contributed by atoms with Gasteiger partial charge in [-0.05, 0) is 118 Å². The molecule has 12 aromatic rings. The molecule has 15 rings (SSSR count). The van der Waals surface area contributed by atoms with E-state index >= 15 is 4.39 Å². The number of benzene rings is 1. The highest BCUT2D eigenvalue weighted by Gasteiger charge is 2.42. The third-order valence-electron chi connectivity index (χ3n) is 18.4. The molecule has 14 heterocycles. The minimum atomic E-state index is -0.689. The van der Waals surface area contributed by atoms with Crippen molar-refractivity contribution >= 4 is 174 Å². The molecular weight excluding hydrogens is 1530 g/mol. The van der Waals surface area contributed by atoms with Crippen LogP contribution in [0.2, 0.25) is 40.8 Å². The quantitative estimate of drug-likeness (QED) is 0.0498. The molecule has 2 saturated heterocycles. The first-order valence-corrected chi connectivity index (χ1v) is 36.9. The zero-order valence-corrected chi connectivity index (χ0v) is 67.6. The standard InChI is InChI=1S/C31H29ClFN8O2.C11H16N4.C10H13BrN4.C10H14N4.C6H3Cl3N2O.C3H9B3O3/c1-6-23(42)38-11-12-39(16(2)14-38)28-20-13-21(32)27(19-9-7-8-10-22(19)33)40-18(4)25-26(41(30(20)40)31(43)36-28)17(3)24-29(35-25)37(5)15-34-24;1-6(2)9-8(12)7(3)10-11(14-9)15(4)5-13-10;1-5(2)8-7(12)6(11)9-10(14-8)15(3)4-13-9;1-6(2)9-7(11)4-8-10(13-9)14(3)5-12-8;7-3-1-2(6(10)12)4(8)11-5(3)9;1-4-7-5(2)9-6(3)8-4/h6-10,13,15-16,18H,1,11-12,14H2,2-5H3;5-6H,12H2,1-4H3;4-5H,12H2,1-3H3;4-6H,11H2,1-3H3;1H,(H2,10,12);1-3H3/q+1;;;;;/t16-,18?;;;;;/m0...../s1. The van der Waals surface area contributed by atoms with E-state index in [0.29, 0.717) is 98.8 Å². The molecule has 564 valence electrons. The molecule has 2 fully saturated rings. The van der Waals surface area contributed by atoms with Gasteiger partial charge in [0.25, 0.3) is 5.91 Å². The maximum absolute atomic E-state index is 15.4. The fourth-order valence-corrected chi connectivity index (χ4v) is 14.3. The normalized spacial score (nSPS) is 14.7. The number of halogens is 6. The van der Waals surface area contributed by atoms with E-state index < -0.39 is 23.5 Å². The van der Waals surface area contributed by atoms with Crippen molar-refractivity contribution in [1.29, 1.82) is 0 Å². The Morgan fingerprint density at radius 3 is 1.75 bits per heavy atom. The number of anilines is 4.